The predicted molar refractivity (Wildman–Crippen MR) is 101 cm³/mol. The maximum absolute atomic E-state index is 12.4. The van der Waals surface area contributed by atoms with Crippen molar-refractivity contribution in [3.8, 4) is 0 Å². The molecule has 132 valence electrons. The molecule has 1 aromatic heterocycles. The van der Waals surface area contributed by atoms with Gasteiger partial charge in [-0.05, 0) is 55.8 Å². The van der Waals surface area contributed by atoms with E-state index in [4.69, 9.17) is 0 Å². The van der Waals surface area contributed by atoms with E-state index in [2.05, 4.69) is 51.8 Å². The van der Waals surface area contributed by atoms with E-state index >= 15 is 0 Å². The highest BCUT2D eigenvalue weighted by atomic mass is 32.1. The highest BCUT2D eigenvalue weighted by molar-refractivity contribution is 7.09. The SMILES string of the molecule is CNC(=O)[C@H]1CC2(CCN(Cc3csc(C)n3)CC2)c2ccccc21. The first-order valence-electron chi connectivity index (χ1n) is 9.06. The summed E-state index contributed by atoms with van der Waals surface area (Å²) in [5, 5.41) is 6.17. The molecule has 5 heteroatoms. The Bertz CT molecular complexity index is 777. The zero-order chi connectivity index (χ0) is 17.4. The summed E-state index contributed by atoms with van der Waals surface area (Å²) in [6.45, 7) is 5.16. The van der Waals surface area contributed by atoms with Crippen LogP contribution in [0.2, 0.25) is 0 Å². The summed E-state index contributed by atoms with van der Waals surface area (Å²) >= 11 is 1.73. The lowest BCUT2D eigenvalue weighted by atomic mass is 9.73. The van der Waals surface area contributed by atoms with Crippen molar-refractivity contribution in [1.82, 2.24) is 15.2 Å². The number of hydrogen-bond acceptors (Lipinski definition) is 4. The average Bonchev–Trinajstić information content (AvgIpc) is 3.19. The van der Waals surface area contributed by atoms with Gasteiger partial charge in [-0.3, -0.25) is 9.69 Å². The molecule has 2 aliphatic rings. The molecule has 0 radical (unpaired) electrons. The Morgan fingerprint density at radius 3 is 2.80 bits per heavy atom. The van der Waals surface area contributed by atoms with Gasteiger partial charge in [0.05, 0.1) is 16.6 Å². The molecular weight excluding hydrogens is 330 g/mol. The lowest BCUT2D eigenvalue weighted by Gasteiger charge is -2.40. The summed E-state index contributed by atoms with van der Waals surface area (Å²) in [6, 6.07) is 8.58. The number of benzene rings is 1. The maximum Gasteiger partial charge on any atom is 0.227 e. The molecule has 25 heavy (non-hydrogen) atoms. The second kappa shape index (κ2) is 6.54. The Morgan fingerprint density at radius 1 is 1.36 bits per heavy atom. The molecule has 2 aromatic rings. The van der Waals surface area contributed by atoms with Crippen molar-refractivity contribution in [2.24, 2.45) is 0 Å². The zero-order valence-corrected chi connectivity index (χ0v) is 15.7. The number of likely N-dealkylation sites (N-methyl/N-ethyl adjacent to an activating group) is 1. The summed E-state index contributed by atoms with van der Waals surface area (Å²) in [4.78, 5) is 19.5. The fourth-order valence-electron chi connectivity index (χ4n) is 4.63. The molecule has 1 aromatic carbocycles. The van der Waals surface area contributed by atoms with Crippen LogP contribution in [-0.2, 0) is 16.8 Å². The van der Waals surface area contributed by atoms with Crippen LogP contribution < -0.4 is 5.32 Å². The first kappa shape index (κ1) is 16.7. The van der Waals surface area contributed by atoms with Crippen LogP contribution in [-0.4, -0.2) is 35.9 Å². The molecular formula is C20H25N3OS. The van der Waals surface area contributed by atoms with E-state index in [1.807, 2.05) is 0 Å². The number of nitrogens with one attached hydrogen (secondary N) is 1. The third-order valence-corrected chi connectivity index (χ3v) is 6.75. The number of fused-ring (bicyclic) bond motifs is 2. The van der Waals surface area contributed by atoms with Crippen molar-refractivity contribution in [1.29, 1.82) is 0 Å². The monoisotopic (exact) mass is 355 g/mol. The fraction of sp³-hybridized carbons (Fsp3) is 0.500. The van der Waals surface area contributed by atoms with Gasteiger partial charge in [-0.2, -0.15) is 0 Å². The quantitative estimate of drug-likeness (QED) is 0.919. The van der Waals surface area contributed by atoms with Crippen LogP contribution in [0.3, 0.4) is 0 Å². The number of amides is 1. The topological polar surface area (TPSA) is 45.2 Å². The Kier molecular flexibility index (Phi) is 4.38. The number of rotatable bonds is 3. The van der Waals surface area contributed by atoms with Gasteiger partial charge in [-0.1, -0.05) is 24.3 Å². The van der Waals surface area contributed by atoms with Crippen LogP contribution in [0.5, 0.6) is 0 Å². The summed E-state index contributed by atoms with van der Waals surface area (Å²) in [5.74, 6) is 0.165. The van der Waals surface area contributed by atoms with Gasteiger partial charge in [0.25, 0.3) is 0 Å². The highest BCUT2D eigenvalue weighted by Gasteiger charge is 2.47. The Balaban J connectivity index is 1.51. The zero-order valence-electron chi connectivity index (χ0n) is 14.9. The summed E-state index contributed by atoms with van der Waals surface area (Å²) in [6.07, 6.45) is 3.21. The first-order valence-corrected chi connectivity index (χ1v) is 9.94. The Hall–Kier alpha value is -1.72. The second-order valence-electron chi connectivity index (χ2n) is 7.37. The minimum absolute atomic E-state index is 0.00828. The van der Waals surface area contributed by atoms with Gasteiger partial charge in [0, 0.05) is 19.0 Å². The maximum atomic E-state index is 12.4. The van der Waals surface area contributed by atoms with Gasteiger partial charge in [-0.25, -0.2) is 4.98 Å². The molecule has 1 N–H and O–H groups in total. The van der Waals surface area contributed by atoms with Crippen LogP contribution in [0.1, 0.15) is 47.0 Å². The molecule has 0 saturated carbocycles. The number of aryl methyl sites for hydroxylation is 1. The fourth-order valence-corrected chi connectivity index (χ4v) is 5.23. The van der Waals surface area contributed by atoms with Gasteiger partial charge in [0.15, 0.2) is 0 Å². The largest absolute Gasteiger partial charge is 0.359 e. The Labute approximate surface area is 153 Å². The van der Waals surface area contributed by atoms with E-state index in [9.17, 15) is 4.79 Å². The number of likely N-dealkylation sites (tertiary alicyclic amines) is 1. The van der Waals surface area contributed by atoms with E-state index in [1.165, 1.54) is 16.8 Å². The van der Waals surface area contributed by atoms with Crippen molar-refractivity contribution >= 4 is 17.2 Å². The molecule has 1 saturated heterocycles. The Morgan fingerprint density at radius 2 is 2.12 bits per heavy atom. The van der Waals surface area contributed by atoms with Crippen molar-refractivity contribution in [3.05, 3.63) is 51.5 Å². The molecule has 0 unspecified atom stereocenters. The number of nitrogens with zero attached hydrogens (tertiary/aromatic N) is 2. The van der Waals surface area contributed by atoms with Gasteiger partial charge in [0.2, 0.25) is 5.91 Å². The second-order valence-corrected chi connectivity index (χ2v) is 8.43. The van der Waals surface area contributed by atoms with E-state index in [-0.39, 0.29) is 17.2 Å². The molecule has 1 atom stereocenters. The smallest absolute Gasteiger partial charge is 0.227 e. The number of piperidine rings is 1. The van der Waals surface area contributed by atoms with Crippen LogP contribution in [0.15, 0.2) is 29.6 Å². The van der Waals surface area contributed by atoms with E-state index in [1.54, 1.807) is 18.4 Å². The van der Waals surface area contributed by atoms with Crippen molar-refractivity contribution < 1.29 is 4.79 Å². The van der Waals surface area contributed by atoms with Gasteiger partial charge in [0.1, 0.15) is 0 Å². The van der Waals surface area contributed by atoms with Crippen molar-refractivity contribution in [2.75, 3.05) is 20.1 Å². The van der Waals surface area contributed by atoms with Gasteiger partial charge >= 0.3 is 0 Å². The third-order valence-electron chi connectivity index (χ3n) is 5.93. The molecule has 4 rings (SSSR count). The molecule has 1 fully saturated rings. The average molecular weight is 356 g/mol. The van der Waals surface area contributed by atoms with Crippen molar-refractivity contribution in [2.45, 2.75) is 44.1 Å². The van der Waals surface area contributed by atoms with E-state index < -0.39 is 0 Å². The van der Waals surface area contributed by atoms with Crippen LogP contribution in [0.4, 0.5) is 0 Å². The number of carbonyl (C=O) groups is 1. The molecule has 1 amide bonds. The molecule has 1 aliphatic heterocycles. The molecule has 1 spiro atoms. The minimum atomic E-state index is 0.00828. The summed E-state index contributed by atoms with van der Waals surface area (Å²) < 4.78 is 0. The number of thiazole rings is 1. The number of carbonyl (C=O) groups excluding carboxylic acids is 1. The van der Waals surface area contributed by atoms with Crippen LogP contribution >= 0.6 is 11.3 Å². The molecule has 1 aliphatic carbocycles. The molecule has 0 bridgehead atoms. The standard InChI is InChI=1S/C20H25N3OS/c1-14-22-15(13-25-14)12-23-9-7-20(8-10-23)11-17(19(24)21-2)16-5-3-4-6-18(16)20/h3-6,13,17H,7-12H2,1-2H3,(H,21,24)/t17-/m0/s1. The normalized spacial score (nSPS) is 22.1. The lowest BCUT2D eigenvalue weighted by molar-refractivity contribution is -0.122. The minimum Gasteiger partial charge on any atom is -0.359 e. The van der Waals surface area contributed by atoms with E-state index in [0.717, 1.165) is 43.9 Å². The van der Waals surface area contributed by atoms with Crippen LogP contribution in [0, 0.1) is 6.92 Å². The van der Waals surface area contributed by atoms with Gasteiger partial charge in [-0.15, -0.1) is 11.3 Å². The van der Waals surface area contributed by atoms with Crippen LogP contribution in [0.25, 0.3) is 0 Å². The lowest BCUT2D eigenvalue weighted by Crippen LogP contribution is -2.41. The first-order chi connectivity index (χ1) is 12.1. The predicted octanol–water partition coefficient (Wildman–Crippen LogP) is 3.22. The number of hydrogen-bond donors (Lipinski definition) is 1. The summed E-state index contributed by atoms with van der Waals surface area (Å²) in [7, 11) is 1.74. The highest BCUT2D eigenvalue weighted by Crippen LogP contribution is 2.51. The number of aromatic nitrogens is 1. The summed E-state index contributed by atoms with van der Waals surface area (Å²) in [5.41, 5.74) is 4.01. The van der Waals surface area contributed by atoms with Gasteiger partial charge < -0.3 is 5.32 Å². The molecule has 4 nitrogen and oxygen atoms in total. The van der Waals surface area contributed by atoms with Crippen molar-refractivity contribution in [3.63, 3.8) is 0 Å². The van der Waals surface area contributed by atoms with E-state index in [0.29, 0.717) is 0 Å². The third kappa shape index (κ3) is 3.00. The molecule has 2 heterocycles.